The molecule has 0 aliphatic heterocycles. The van der Waals surface area contributed by atoms with E-state index >= 15 is 0 Å². The maximum atomic E-state index is 12.8. The van der Waals surface area contributed by atoms with Crippen LogP contribution in [0, 0.1) is 0 Å². The highest BCUT2D eigenvalue weighted by atomic mass is 16.5. The van der Waals surface area contributed by atoms with E-state index < -0.39 is 0 Å². The quantitative estimate of drug-likeness (QED) is 0.390. The van der Waals surface area contributed by atoms with Crippen molar-refractivity contribution in [2.75, 3.05) is 6.61 Å². The molecule has 1 N–H and O–H groups in total. The van der Waals surface area contributed by atoms with Crippen molar-refractivity contribution in [2.24, 2.45) is 0 Å². The zero-order valence-corrected chi connectivity index (χ0v) is 19.4. The summed E-state index contributed by atoms with van der Waals surface area (Å²) in [5.41, 5.74) is 4.09. The Balaban J connectivity index is 1.56. The van der Waals surface area contributed by atoms with Gasteiger partial charge < -0.3 is 14.8 Å². The predicted octanol–water partition coefficient (Wildman–Crippen LogP) is 6.67. The molecular weight excluding hydrogens is 398 g/mol. The summed E-state index contributed by atoms with van der Waals surface area (Å²) < 4.78 is 11.3. The second kappa shape index (κ2) is 11.4. The molecule has 0 saturated heterocycles. The molecular formula is C28H33NO3. The normalized spacial score (nSPS) is 11.8. The van der Waals surface area contributed by atoms with Crippen molar-refractivity contribution in [3.63, 3.8) is 0 Å². The molecule has 3 aromatic rings. The number of hydrogen-bond donors (Lipinski definition) is 1. The second-order valence-corrected chi connectivity index (χ2v) is 8.15. The van der Waals surface area contributed by atoms with Crippen LogP contribution in [0.2, 0.25) is 0 Å². The van der Waals surface area contributed by atoms with Gasteiger partial charge in [0.2, 0.25) is 0 Å². The van der Waals surface area contributed by atoms with E-state index in [4.69, 9.17) is 9.47 Å². The van der Waals surface area contributed by atoms with Crippen molar-refractivity contribution in [3.8, 4) is 11.5 Å². The van der Waals surface area contributed by atoms with Crippen molar-refractivity contribution < 1.29 is 14.3 Å². The van der Waals surface area contributed by atoms with Crippen LogP contribution in [-0.2, 0) is 6.61 Å². The van der Waals surface area contributed by atoms with Crippen LogP contribution in [0.5, 0.6) is 11.5 Å². The Labute approximate surface area is 191 Å². The van der Waals surface area contributed by atoms with E-state index in [1.165, 1.54) is 5.56 Å². The van der Waals surface area contributed by atoms with E-state index in [0.29, 0.717) is 24.7 Å². The van der Waals surface area contributed by atoms with Crippen LogP contribution in [0.25, 0.3) is 0 Å². The molecule has 168 valence electrons. The highest BCUT2D eigenvalue weighted by Gasteiger charge is 2.14. The molecule has 3 aromatic carbocycles. The molecule has 32 heavy (non-hydrogen) atoms. The molecule has 0 heterocycles. The summed E-state index contributed by atoms with van der Waals surface area (Å²) in [6.07, 6.45) is 0.834. The zero-order valence-electron chi connectivity index (χ0n) is 19.4. The molecule has 4 nitrogen and oxygen atoms in total. The number of rotatable bonds is 10. The Hall–Kier alpha value is -3.27. The van der Waals surface area contributed by atoms with Crippen LogP contribution in [0.3, 0.4) is 0 Å². The lowest BCUT2D eigenvalue weighted by molar-refractivity contribution is 0.0935. The maximum absolute atomic E-state index is 12.8. The molecule has 1 unspecified atom stereocenters. The molecule has 3 rings (SSSR count). The summed E-state index contributed by atoms with van der Waals surface area (Å²) in [7, 11) is 0. The number of ether oxygens (including phenoxy) is 2. The van der Waals surface area contributed by atoms with Gasteiger partial charge >= 0.3 is 0 Å². The Morgan fingerprint density at radius 3 is 1.88 bits per heavy atom. The van der Waals surface area contributed by atoms with Crippen LogP contribution >= 0.6 is 0 Å². The average molecular weight is 432 g/mol. The fourth-order valence-corrected chi connectivity index (χ4v) is 3.49. The highest BCUT2D eigenvalue weighted by molar-refractivity contribution is 5.94. The monoisotopic (exact) mass is 431 g/mol. The minimum atomic E-state index is -0.0660. The van der Waals surface area contributed by atoms with Crippen LogP contribution in [0.4, 0.5) is 0 Å². The van der Waals surface area contributed by atoms with Crippen LogP contribution in [-0.4, -0.2) is 12.5 Å². The largest absolute Gasteiger partial charge is 0.494 e. The summed E-state index contributed by atoms with van der Waals surface area (Å²) in [6.45, 7) is 9.49. The van der Waals surface area contributed by atoms with Crippen LogP contribution in [0.1, 0.15) is 73.1 Å². The molecule has 0 spiro atoms. The Morgan fingerprint density at radius 2 is 1.34 bits per heavy atom. The minimum Gasteiger partial charge on any atom is -0.494 e. The summed E-state index contributed by atoms with van der Waals surface area (Å²) in [4.78, 5) is 12.8. The van der Waals surface area contributed by atoms with Gasteiger partial charge in [-0.15, -0.1) is 0 Å². The van der Waals surface area contributed by atoms with Gasteiger partial charge in [-0.3, -0.25) is 4.79 Å². The number of hydrogen-bond acceptors (Lipinski definition) is 3. The van der Waals surface area contributed by atoms with Gasteiger partial charge in [-0.05, 0) is 72.4 Å². The van der Waals surface area contributed by atoms with Gasteiger partial charge in [0, 0.05) is 5.56 Å². The molecule has 1 atom stereocenters. The first-order valence-corrected chi connectivity index (χ1v) is 11.4. The average Bonchev–Trinajstić information content (AvgIpc) is 2.82. The minimum absolute atomic E-state index is 0.00798. The Morgan fingerprint density at radius 1 is 0.781 bits per heavy atom. The number of carbonyl (C=O) groups is 1. The third kappa shape index (κ3) is 6.36. The van der Waals surface area contributed by atoms with Crippen molar-refractivity contribution in [1.29, 1.82) is 0 Å². The summed E-state index contributed by atoms with van der Waals surface area (Å²) in [6, 6.07) is 23.7. The Kier molecular flexibility index (Phi) is 8.32. The van der Waals surface area contributed by atoms with Crippen molar-refractivity contribution >= 4 is 5.91 Å². The van der Waals surface area contributed by atoms with Gasteiger partial charge in [-0.1, -0.05) is 57.2 Å². The topological polar surface area (TPSA) is 47.6 Å². The van der Waals surface area contributed by atoms with Crippen molar-refractivity contribution in [2.45, 2.75) is 52.7 Å². The van der Waals surface area contributed by atoms with E-state index in [1.807, 2.05) is 55.5 Å². The van der Waals surface area contributed by atoms with Crippen molar-refractivity contribution in [1.82, 2.24) is 5.32 Å². The molecule has 0 radical (unpaired) electrons. The lowest BCUT2D eigenvalue weighted by Gasteiger charge is -2.18. The summed E-state index contributed by atoms with van der Waals surface area (Å²) >= 11 is 0. The molecule has 4 heteroatoms. The third-order valence-corrected chi connectivity index (χ3v) is 5.48. The van der Waals surface area contributed by atoms with E-state index in [1.54, 1.807) is 0 Å². The smallest absolute Gasteiger partial charge is 0.251 e. The molecule has 0 aromatic heterocycles. The first-order valence-electron chi connectivity index (χ1n) is 11.4. The first kappa shape index (κ1) is 23.4. The number of nitrogens with one attached hydrogen (secondary N) is 1. The molecule has 0 saturated carbocycles. The van der Waals surface area contributed by atoms with Crippen LogP contribution < -0.4 is 14.8 Å². The summed E-state index contributed by atoms with van der Waals surface area (Å²) in [5, 5.41) is 3.16. The van der Waals surface area contributed by atoms with Crippen LogP contribution in [0.15, 0.2) is 72.8 Å². The summed E-state index contributed by atoms with van der Waals surface area (Å²) in [5.74, 6) is 2.04. The van der Waals surface area contributed by atoms with Gasteiger partial charge in [0.15, 0.2) is 0 Å². The fourth-order valence-electron chi connectivity index (χ4n) is 3.49. The third-order valence-electron chi connectivity index (χ3n) is 5.48. The first-order chi connectivity index (χ1) is 15.5. The fraction of sp³-hybridized carbons (Fsp3) is 0.321. The predicted molar refractivity (Wildman–Crippen MR) is 129 cm³/mol. The molecule has 1 amide bonds. The standard InChI is InChI=1S/C28H33NO3/c1-5-27(23-13-11-22(12-14-23)20(3)4)29-28(30)24-9-7-21(8-10-24)19-32-26-17-15-25(16-18-26)31-6-2/h7-18,20,27H,5-6,19H2,1-4H3,(H,29,30). The SMILES string of the molecule is CCOc1ccc(OCc2ccc(C(=O)NC(CC)c3ccc(C(C)C)cc3)cc2)cc1. The zero-order chi connectivity index (χ0) is 22.9. The Bertz CT molecular complexity index is 977. The van der Waals surface area contributed by atoms with Gasteiger partial charge in [0.1, 0.15) is 18.1 Å². The van der Waals surface area contributed by atoms with Gasteiger partial charge in [-0.2, -0.15) is 0 Å². The van der Waals surface area contributed by atoms with E-state index in [-0.39, 0.29) is 11.9 Å². The number of benzene rings is 3. The van der Waals surface area contributed by atoms with Gasteiger partial charge in [0.05, 0.1) is 12.6 Å². The van der Waals surface area contributed by atoms with Gasteiger partial charge in [-0.25, -0.2) is 0 Å². The second-order valence-electron chi connectivity index (χ2n) is 8.15. The lowest BCUT2D eigenvalue weighted by atomic mass is 9.98. The molecule has 0 aliphatic rings. The number of amides is 1. The van der Waals surface area contributed by atoms with E-state index in [2.05, 4.69) is 50.4 Å². The van der Waals surface area contributed by atoms with Gasteiger partial charge in [0.25, 0.3) is 5.91 Å². The highest BCUT2D eigenvalue weighted by Crippen LogP contribution is 2.22. The molecule has 0 aliphatic carbocycles. The lowest BCUT2D eigenvalue weighted by Crippen LogP contribution is -2.28. The molecule has 0 bridgehead atoms. The molecule has 0 fully saturated rings. The van der Waals surface area contributed by atoms with Crippen molar-refractivity contribution in [3.05, 3.63) is 95.1 Å². The van der Waals surface area contributed by atoms with E-state index in [9.17, 15) is 4.79 Å². The number of carbonyl (C=O) groups excluding carboxylic acids is 1. The maximum Gasteiger partial charge on any atom is 0.251 e. The van der Waals surface area contributed by atoms with E-state index in [0.717, 1.165) is 29.0 Å².